The van der Waals surface area contributed by atoms with Gasteiger partial charge in [0.25, 0.3) is 0 Å². The van der Waals surface area contributed by atoms with Crippen LogP contribution in [0.5, 0.6) is 0 Å². The van der Waals surface area contributed by atoms with Crippen LogP contribution < -0.4 is 20.9 Å². The summed E-state index contributed by atoms with van der Waals surface area (Å²) in [7, 11) is 1.84. The predicted molar refractivity (Wildman–Crippen MR) is 121 cm³/mol. The van der Waals surface area contributed by atoms with Gasteiger partial charge in [-0.15, -0.1) is 0 Å². The van der Waals surface area contributed by atoms with E-state index in [-0.39, 0.29) is 41.9 Å². The molecule has 3 N–H and O–H groups in total. The Morgan fingerprint density at radius 2 is 1.82 bits per heavy atom. The first-order valence-corrected chi connectivity index (χ1v) is 11.1. The third-order valence-electron chi connectivity index (χ3n) is 6.22. The van der Waals surface area contributed by atoms with Crippen molar-refractivity contribution in [3.63, 3.8) is 0 Å². The standard InChI is InChI=1S/C23H27F3N6O2/c1-10(2)20-22(34)30-19-11(3)27-23(31-21(19)32(20)4)29-14-8-13(9-14)28-17(33)7-12-5-15(24)18(26)16(25)6-12/h5-6,10,13-14,20H,7-9H2,1-4H3,(H,28,33)(H,30,34)(H,27,29,31)/t13?,14?,20-/m0/s1. The van der Waals surface area contributed by atoms with Crippen LogP contribution in [0.3, 0.4) is 0 Å². The second-order valence-corrected chi connectivity index (χ2v) is 9.25. The van der Waals surface area contributed by atoms with E-state index in [1.54, 1.807) is 6.92 Å². The summed E-state index contributed by atoms with van der Waals surface area (Å²) in [5, 5.41) is 8.99. The van der Waals surface area contributed by atoms with Gasteiger partial charge < -0.3 is 20.9 Å². The van der Waals surface area contributed by atoms with Crippen LogP contribution in [0.4, 0.5) is 30.6 Å². The molecule has 1 saturated carbocycles. The highest BCUT2D eigenvalue weighted by Gasteiger charge is 2.36. The van der Waals surface area contributed by atoms with Gasteiger partial charge in [-0.3, -0.25) is 9.59 Å². The lowest BCUT2D eigenvalue weighted by atomic mass is 9.86. The normalized spacial score (nSPS) is 21.6. The van der Waals surface area contributed by atoms with Crippen LogP contribution in [0.2, 0.25) is 0 Å². The number of nitrogens with zero attached hydrogens (tertiary/aromatic N) is 3. The Bertz CT molecular complexity index is 1110. The van der Waals surface area contributed by atoms with E-state index in [0.29, 0.717) is 36.0 Å². The number of hydrogen-bond acceptors (Lipinski definition) is 6. The van der Waals surface area contributed by atoms with Gasteiger partial charge >= 0.3 is 0 Å². The highest BCUT2D eigenvalue weighted by molar-refractivity contribution is 6.03. The van der Waals surface area contributed by atoms with Gasteiger partial charge in [-0.05, 0) is 43.4 Å². The van der Waals surface area contributed by atoms with Crippen LogP contribution in [0, 0.1) is 30.3 Å². The molecule has 4 rings (SSSR count). The average molecular weight is 477 g/mol. The second-order valence-electron chi connectivity index (χ2n) is 9.25. The molecule has 34 heavy (non-hydrogen) atoms. The van der Waals surface area contributed by atoms with Crippen LogP contribution in [0.15, 0.2) is 12.1 Å². The zero-order chi connectivity index (χ0) is 24.7. The summed E-state index contributed by atoms with van der Waals surface area (Å²) in [5.74, 6) is -3.48. The SMILES string of the molecule is Cc1nc(NC2CC(NC(=O)Cc3cc(F)c(F)c(F)c3)C2)nc2c1NC(=O)[C@H](C(C)C)N2C. The number of nitrogens with one attached hydrogen (secondary N) is 3. The highest BCUT2D eigenvalue weighted by Crippen LogP contribution is 2.35. The minimum Gasteiger partial charge on any atom is -0.353 e. The molecule has 2 aromatic rings. The van der Waals surface area contributed by atoms with Crippen LogP contribution >= 0.6 is 0 Å². The summed E-state index contributed by atoms with van der Waals surface area (Å²) in [6.45, 7) is 5.76. The van der Waals surface area contributed by atoms with Gasteiger partial charge in [0.2, 0.25) is 17.8 Å². The fraction of sp³-hybridized carbons (Fsp3) is 0.478. The summed E-state index contributed by atoms with van der Waals surface area (Å²) in [6, 6.07) is 1.24. The first-order valence-electron chi connectivity index (χ1n) is 11.1. The Morgan fingerprint density at radius 3 is 2.44 bits per heavy atom. The third-order valence-corrected chi connectivity index (χ3v) is 6.22. The van der Waals surface area contributed by atoms with Crippen molar-refractivity contribution < 1.29 is 22.8 Å². The van der Waals surface area contributed by atoms with Gasteiger partial charge in [0, 0.05) is 19.1 Å². The van der Waals surface area contributed by atoms with E-state index in [1.165, 1.54) is 0 Å². The van der Waals surface area contributed by atoms with Crippen LogP contribution in [-0.2, 0) is 16.0 Å². The minimum absolute atomic E-state index is 0.0350. The summed E-state index contributed by atoms with van der Waals surface area (Å²) in [6.07, 6.45) is 1.00. The van der Waals surface area contributed by atoms with Crippen molar-refractivity contribution in [1.29, 1.82) is 0 Å². The van der Waals surface area contributed by atoms with Gasteiger partial charge in [0.05, 0.1) is 12.1 Å². The minimum atomic E-state index is -1.55. The van der Waals surface area contributed by atoms with Gasteiger partial charge in [-0.2, -0.15) is 4.98 Å². The predicted octanol–water partition coefficient (Wildman–Crippen LogP) is 2.92. The van der Waals surface area contributed by atoms with E-state index in [9.17, 15) is 22.8 Å². The molecule has 8 nitrogen and oxygen atoms in total. The van der Waals surface area contributed by atoms with E-state index in [0.717, 1.165) is 12.1 Å². The van der Waals surface area contributed by atoms with Crippen molar-refractivity contribution >= 4 is 29.3 Å². The average Bonchev–Trinajstić information content (AvgIpc) is 2.71. The number of hydrogen-bond donors (Lipinski definition) is 3. The number of aromatic nitrogens is 2. The molecule has 1 aliphatic heterocycles. The zero-order valence-electron chi connectivity index (χ0n) is 19.4. The molecule has 0 unspecified atom stereocenters. The van der Waals surface area contributed by atoms with Crippen molar-refractivity contribution in [3.8, 4) is 0 Å². The van der Waals surface area contributed by atoms with E-state index >= 15 is 0 Å². The monoisotopic (exact) mass is 476 g/mol. The number of fused-ring (bicyclic) bond motifs is 1. The van der Waals surface area contributed by atoms with Gasteiger partial charge in [0.1, 0.15) is 11.7 Å². The van der Waals surface area contributed by atoms with Crippen LogP contribution in [0.1, 0.15) is 37.9 Å². The molecule has 1 atom stereocenters. The molecule has 0 saturated heterocycles. The molecule has 2 amide bonds. The molecule has 11 heteroatoms. The lowest BCUT2D eigenvalue weighted by molar-refractivity contribution is -0.121. The second kappa shape index (κ2) is 9.11. The highest BCUT2D eigenvalue weighted by atomic mass is 19.2. The van der Waals surface area contributed by atoms with Crippen molar-refractivity contribution in [2.75, 3.05) is 22.6 Å². The first-order chi connectivity index (χ1) is 16.0. The molecule has 2 heterocycles. The number of rotatable bonds is 6. The Morgan fingerprint density at radius 1 is 1.18 bits per heavy atom. The van der Waals surface area contributed by atoms with Gasteiger partial charge in [-0.25, -0.2) is 18.2 Å². The summed E-state index contributed by atoms with van der Waals surface area (Å²) in [5.41, 5.74) is 1.32. The van der Waals surface area contributed by atoms with E-state index in [2.05, 4.69) is 25.9 Å². The van der Waals surface area contributed by atoms with Gasteiger partial charge in [0.15, 0.2) is 23.3 Å². The number of amides is 2. The number of likely N-dealkylation sites (N-methyl/N-ethyl adjacent to an activating group) is 1. The van der Waals surface area contributed by atoms with Crippen molar-refractivity contribution in [2.24, 2.45) is 5.92 Å². The molecule has 1 aromatic carbocycles. The van der Waals surface area contributed by atoms with Crippen molar-refractivity contribution in [2.45, 2.75) is 58.2 Å². The lowest BCUT2D eigenvalue weighted by Gasteiger charge is -2.38. The summed E-state index contributed by atoms with van der Waals surface area (Å²) < 4.78 is 39.7. The maximum Gasteiger partial charge on any atom is 0.247 e. The van der Waals surface area contributed by atoms with Crippen molar-refractivity contribution in [3.05, 3.63) is 40.8 Å². The number of benzene rings is 1. The molecule has 182 valence electrons. The summed E-state index contributed by atoms with van der Waals surface area (Å²) >= 11 is 0. The fourth-order valence-electron chi connectivity index (χ4n) is 4.49. The van der Waals surface area contributed by atoms with Crippen LogP contribution in [-0.4, -0.2) is 47.0 Å². The Hall–Kier alpha value is -3.37. The third kappa shape index (κ3) is 4.64. The molecule has 0 spiro atoms. The number of carbonyl (C=O) groups excluding carboxylic acids is 2. The maximum absolute atomic E-state index is 13.3. The van der Waals surface area contributed by atoms with Crippen LogP contribution in [0.25, 0.3) is 0 Å². The lowest BCUT2D eigenvalue weighted by Crippen LogP contribution is -2.51. The fourth-order valence-corrected chi connectivity index (χ4v) is 4.49. The first kappa shape index (κ1) is 23.8. The molecule has 1 aromatic heterocycles. The Balaban J connectivity index is 1.34. The number of halogens is 3. The largest absolute Gasteiger partial charge is 0.353 e. The topological polar surface area (TPSA) is 99.2 Å². The Kier molecular flexibility index (Phi) is 6.37. The molecule has 1 fully saturated rings. The van der Waals surface area contributed by atoms with Gasteiger partial charge in [-0.1, -0.05) is 13.8 Å². The summed E-state index contributed by atoms with van der Waals surface area (Å²) in [4.78, 5) is 35.6. The number of carbonyl (C=O) groups is 2. The quantitative estimate of drug-likeness (QED) is 0.555. The van der Waals surface area contributed by atoms with Crippen molar-refractivity contribution in [1.82, 2.24) is 15.3 Å². The zero-order valence-corrected chi connectivity index (χ0v) is 19.4. The Labute approximate surface area is 195 Å². The molecule has 2 aliphatic rings. The number of aryl methyl sites for hydroxylation is 1. The van der Waals surface area contributed by atoms with E-state index in [1.807, 2.05) is 25.8 Å². The smallest absolute Gasteiger partial charge is 0.247 e. The molecular weight excluding hydrogens is 449 g/mol. The van der Waals surface area contributed by atoms with E-state index < -0.39 is 23.4 Å². The molecule has 0 bridgehead atoms. The number of anilines is 3. The molecule has 1 aliphatic carbocycles. The molecule has 0 radical (unpaired) electrons. The molecular formula is C23H27F3N6O2. The van der Waals surface area contributed by atoms with E-state index in [4.69, 9.17) is 0 Å². The maximum atomic E-state index is 13.3.